The van der Waals surface area contributed by atoms with Crippen LogP contribution in [0, 0.1) is 5.82 Å². The molecule has 0 aliphatic rings. The maximum Gasteiger partial charge on any atom is 0.265 e. The Bertz CT molecular complexity index is 707. The van der Waals surface area contributed by atoms with E-state index < -0.39 is 0 Å². The number of hydrogen-bond donors (Lipinski definition) is 1. The average molecular weight is 349 g/mol. The van der Waals surface area contributed by atoms with Gasteiger partial charge >= 0.3 is 0 Å². The van der Waals surface area contributed by atoms with E-state index in [1.165, 1.54) is 24.3 Å². The van der Waals surface area contributed by atoms with Crippen LogP contribution in [0.3, 0.4) is 0 Å². The zero-order valence-corrected chi connectivity index (χ0v) is 15.2. The Hall–Kier alpha value is -2.48. The molecular formula is C17H24FN5O2. The molecule has 0 atom stereocenters. The second-order valence-electron chi connectivity index (χ2n) is 6.96. The van der Waals surface area contributed by atoms with E-state index in [-0.39, 0.29) is 23.8 Å². The predicted molar refractivity (Wildman–Crippen MR) is 93.8 cm³/mol. The molecule has 0 aliphatic carbocycles. The molecule has 0 spiro atoms. The molecule has 2 rings (SSSR count). The molecule has 1 amide bonds. The Morgan fingerprint density at radius 3 is 2.40 bits per heavy atom. The van der Waals surface area contributed by atoms with Gasteiger partial charge in [0.1, 0.15) is 5.82 Å². The van der Waals surface area contributed by atoms with E-state index in [1.807, 2.05) is 39.8 Å². The lowest BCUT2D eigenvalue weighted by atomic mass is 10.1. The Morgan fingerprint density at radius 2 is 1.88 bits per heavy atom. The highest BCUT2D eigenvalue weighted by Crippen LogP contribution is 2.18. The van der Waals surface area contributed by atoms with Crippen molar-refractivity contribution in [3.63, 3.8) is 0 Å². The fraction of sp³-hybridized carbons (Fsp3) is 0.471. The Balaban J connectivity index is 2.04. The third-order valence-corrected chi connectivity index (χ3v) is 3.59. The molecule has 8 heteroatoms. The van der Waals surface area contributed by atoms with Crippen LogP contribution in [-0.2, 0) is 11.3 Å². The number of aromatic nitrogens is 2. The van der Waals surface area contributed by atoms with Crippen molar-refractivity contribution in [2.24, 2.45) is 0 Å². The first-order valence-corrected chi connectivity index (χ1v) is 7.95. The van der Waals surface area contributed by atoms with E-state index in [0.717, 1.165) is 0 Å². The van der Waals surface area contributed by atoms with E-state index in [9.17, 15) is 9.18 Å². The first kappa shape index (κ1) is 18.9. The van der Waals surface area contributed by atoms with Crippen molar-refractivity contribution < 1.29 is 13.7 Å². The minimum atomic E-state index is -0.345. The van der Waals surface area contributed by atoms with Crippen LogP contribution in [0.4, 0.5) is 16.0 Å². The molecule has 136 valence electrons. The van der Waals surface area contributed by atoms with Gasteiger partial charge < -0.3 is 14.7 Å². The monoisotopic (exact) mass is 349 g/mol. The predicted octanol–water partition coefficient (Wildman–Crippen LogP) is 2.51. The van der Waals surface area contributed by atoms with Crippen molar-refractivity contribution in [2.75, 3.05) is 30.9 Å². The third-order valence-electron chi connectivity index (χ3n) is 3.59. The highest BCUT2D eigenvalue weighted by Gasteiger charge is 2.26. The van der Waals surface area contributed by atoms with Gasteiger partial charge in [-0.2, -0.15) is 4.98 Å². The van der Waals surface area contributed by atoms with Crippen molar-refractivity contribution >= 4 is 17.5 Å². The number of halogens is 1. The maximum atomic E-state index is 12.9. The molecule has 1 aromatic heterocycles. The Morgan fingerprint density at radius 1 is 1.24 bits per heavy atom. The first-order valence-electron chi connectivity index (χ1n) is 7.95. The number of carbonyl (C=O) groups excluding carboxylic acids is 1. The maximum absolute atomic E-state index is 12.9. The van der Waals surface area contributed by atoms with Crippen LogP contribution < -0.4 is 10.2 Å². The van der Waals surface area contributed by atoms with Gasteiger partial charge in [0, 0.05) is 25.3 Å². The average Bonchev–Trinajstić information content (AvgIpc) is 2.97. The molecule has 25 heavy (non-hydrogen) atoms. The van der Waals surface area contributed by atoms with Crippen molar-refractivity contribution in [1.82, 2.24) is 15.0 Å². The molecule has 0 radical (unpaired) electrons. The number of benzene rings is 1. The van der Waals surface area contributed by atoms with Crippen LogP contribution in [0.5, 0.6) is 0 Å². The second-order valence-corrected chi connectivity index (χ2v) is 6.96. The summed E-state index contributed by atoms with van der Waals surface area (Å²) in [5, 5.41) is 6.64. The van der Waals surface area contributed by atoms with Gasteiger partial charge in [0.25, 0.3) is 5.95 Å². The molecule has 0 saturated carbocycles. The minimum absolute atomic E-state index is 0.139. The molecular weight excluding hydrogens is 325 g/mol. The highest BCUT2D eigenvalue weighted by atomic mass is 19.1. The van der Waals surface area contributed by atoms with Crippen LogP contribution in [0.1, 0.15) is 26.7 Å². The largest absolute Gasteiger partial charge is 0.344 e. The summed E-state index contributed by atoms with van der Waals surface area (Å²) in [7, 11) is 3.65. The minimum Gasteiger partial charge on any atom is -0.344 e. The van der Waals surface area contributed by atoms with Gasteiger partial charge in [-0.3, -0.25) is 9.69 Å². The van der Waals surface area contributed by atoms with Crippen LogP contribution >= 0.6 is 0 Å². The quantitative estimate of drug-likeness (QED) is 0.864. The van der Waals surface area contributed by atoms with E-state index in [0.29, 0.717) is 24.1 Å². The lowest BCUT2D eigenvalue weighted by Gasteiger charge is -2.33. The molecule has 2 aromatic rings. The van der Waals surface area contributed by atoms with E-state index in [4.69, 9.17) is 4.52 Å². The lowest BCUT2D eigenvalue weighted by molar-refractivity contribution is -0.118. The SMILES string of the molecule is CN(C)c1noc(CN(CC(=O)Nc2ccc(F)cc2)C(C)(C)C)n1. The van der Waals surface area contributed by atoms with Crippen molar-refractivity contribution in [3.8, 4) is 0 Å². The zero-order chi connectivity index (χ0) is 18.6. The normalized spacial score (nSPS) is 11.6. The molecule has 0 bridgehead atoms. The van der Waals surface area contributed by atoms with Gasteiger partial charge in [0.05, 0.1) is 13.1 Å². The van der Waals surface area contributed by atoms with Crippen molar-refractivity contribution in [2.45, 2.75) is 32.9 Å². The molecule has 1 aromatic carbocycles. The van der Waals surface area contributed by atoms with E-state index in [2.05, 4.69) is 15.5 Å². The number of hydrogen-bond acceptors (Lipinski definition) is 6. The number of anilines is 2. The van der Waals surface area contributed by atoms with Crippen LogP contribution in [-0.4, -0.2) is 47.1 Å². The first-order chi connectivity index (χ1) is 11.6. The van der Waals surface area contributed by atoms with Gasteiger partial charge in [0.2, 0.25) is 11.8 Å². The topological polar surface area (TPSA) is 74.5 Å². The van der Waals surface area contributed by atoms with Crippen LogP contribution in [0.25, 0.3) is 0 Å². The van der Waals surface area contributed by atoms with E-state index >= 15 is 0 Å². The molecule has 0 fully saturated rings. The van der Waals surface area contributed by atoms with Crippen LogP contribution in [0.2, 0.25) is 0 Å². The Kier molecular flexibility index (Phi) is 5.73. The summed E-state index contributed by atoms with van der Waals surface area (Å²) < 4.78 is 18.2. The smallest absolute Gasteiger partial charge is 0.265 e. The summed E-state index contributed by atoms with van der Waals surface area (Å²) >= 11 is 0. The number of carbonyl (C=O) groups is 1. The molecule has 0 unspecified atom stereocenters. The summed E-state index contributed by atoms with van der Waals surface area (Å²) in [6, 6.07) is 5.66. The summed E-state index contributed by atoms with van der Waals surface area (Å²) in [6.07, 6.45) is 0. The number of rotatable bonds is 6. The number of nitrogens with one attached hydrogen (secondary N) is 1. The Labute approximate surface area is 146 Å². The summed E-state index contributed by atoms with van der Waals surface area (Å²) in [5.74, 6) is 0.379. The fourth-order valence-electron chi connectivity index (χ4n) is 2.09. The van der Waals surface area contributed by atoms with Gasteiger partial charge in [-0.05, 0) is 50.2 Å². The number of amides is 1. The fourth-order valence-corrected chi connectivity index (χ4v) is 2.09. The van der Waals surface area contributed by atoms with Crippen molar-refractivity contribution in [3.05, 3.63) is 36.0 Å². The lowest BCUT2D eigenvalue weighted by Crippen LogP contribution is -2.45. The molecule has 1 N–H and O–H groups in total. The molecule has 7 nitrogen and oxygen atoms in total. The molecule has 1 heterocycles. The van der Waals surface area contributed by atoms with Gasteiger partial charge in [-0.1, -0.05) is 0 Å². The number of nitrogens with zero attached hydrogens (tertiary/aromatic N) is 4. The second kappa shape index (κ2) is 7.60. The summed E-state index contributed by atoms with van der Waals surface area (Å²) in [4.78, 5) is 20.3. The van der Waals surface area contributed by atoms with Gasteiger partial charge in [-0.15, -0.1) is 0 Å². The summed E-state index contributed by atoms with van der Waals surface area (Å²) in [5.41, 5.74) is 0.264. The molecule has 0 saturated heterocycles. The highest BCUT2D eigenvalue weighted by molar-refractivity contribution is 5.92. The summed E-state index contributed by atoms with van der Waals surface area (Å²) in [6.45, 7) is 6.49. The third kappa shape index (κ3) is 5.53. The van der Waals surface area contributed by atoms with Gasteiger partial charge in [0.15, 0.2) is 0 Å². The van der Waals surface area contributed by atoms with Gasteiger partial charge in [-0.25, -0.2) is 4.39 Å². The zero-order valence-electron chi connectivity index (χ0n) is 15.2. The van der Waals surface area contributed by atoms with Crippen LogP contribution in [0.15, 0.2) is 28.8 Å². The van der Waals surface area contributed by atoms with E-state index in [1.54, 1.807) is 4.90 Å². The van der Waals surface area contributed by atoms with Crippen molar-refractivity contribution in [1.29, 1.82) is 0 Å². The standard InChI is InChI=1S/C17H24FN5O2/c1-17(2,3)23(11-15-20-16(21-25-15)22(4)5)10-14(24)19-13-8-6-12(18)7-9-13/h6-9H,10-11H2,1-5H3,(H,19,24). The molecule has 0 aliphatic heterocycles.